The van der Waals surface area contributed by atoms with Crippen LogP contribution in [0.3, 0.4) is 0 Å². The zero-order valence-electron chi connectivity index (χ0n) is 18.7. The second-order valence-corrected chi connectivity index (χ2v) is 8.11. The molecule has 0 amide bonds. The van der Waals surface area contributed by atoms with Gasteiger partial charge in [0.1, 0.15) is 17.3 Å². The average molecular weight is 498 g/mol. The summed E-state index contributed by atoms with van der Waals surface area (Å²) >= 11 is 0. The van der Waals surface area contributed by atoms with E-state index in [0.717, 1.165) is 0 Å². The number of fused-ring (bicyclic) bond motifs is 2. The van der Waals surface area contributed by atoms with Gasteiger partial charge >= 0.3 is 0 Å². The van der Waals surface area contributed by atoms with Crippen molar-refractivity contribution in [2.45, 2.75) is 32.3 Å². The Bertz CT molecular complexity index is 1480. The standard InChI is InChI=1S/C24H18O12/c1-3-7-16(29)12-8(25)5-10(27)17(30)14(12)19(32)21(7)36-24(4-2)22(34)13-9(26)6-11(28)18(31)15(13)20(33)23(24)35/h5-6,25-26,28-29,31-32H,3-4H2,1-2H3/t24-/m0/s1. The molecule has 36 heavy (non-hydrogen) atoms. The molecule has 2 aliphatic rings. The van der Waals surface area contributed by atoms with Gasteiger partial charge in [0.05, 0.1) is 22.3 Å². The van der Waals surface area contributed by atoms with Gasteiger partial charge in [0, 0.05) is 17.7 Å². The summed E-state index contributed by atoms with van der Waals surface area (Å²) in [5.74, 6) is -13.4. The lowest BCUT2D eigenvalue weighted by atomic mass is 9.74. The number of phenols is 5. The molecule has 0 fully saturated rings. The fourth-order valence-electron chi connectivity index (χ4n) is 4.40. The quantitative estimate of drug-likeness (QED) is 0.153. The molecular weight excluding hydrogens is 480 g/mol. The van der Waals surface area contributed by atoms with E-state index in [0.29, 0.717) is 12.1 Å². The van der Waals surface area contributed by atoms with Crippen LogP contribution in [0.2, 0.25) is 0 Å². The first-order chi connectivity index (χ1) is 16.8. The molecule has 186 valence electrons. The van der Waals surface area contributed by atoms with Crippen molar-refractivity contribution in [3.05, 3.63) is 40.0 Å². The normalized spacial score (nSPS) is 19.2. The summed E-state index contributed by atoms with van der Waals surface area (Å²) in [6.07, 6.45) is -0.161. The summed E-state index contributed by atoms with van der Waals surface area (Å²) in [4.78, 5) is 64.0. The molecule has 0 radical (unpaired) electrons. The van der Waals surface area contributed by atoms with Gasteiger partial charge in [-0.2, -0.15) is 0 Å². The Morgan fingerprint density at radius 3 is 1.92 bits per heavy atom. The van der Waals surface area contributed by atoms with Gasteiger partial charge in [-0.25, -0.2) is 0 Å². The van der Waals surface area contributed by atoms with Crippen LogP contribution in [0.1, 0.15) is 62.5 Å². The minimum absolute atomic E-state index is 0.149. The molecule has 2 aliphatic carbocycles. The van der Waals surface area contributed by atoms with E-state index in [9.17, 15) is 54.6 Å². The van der Waals surface area contributed by atoms with Crippen LogP contribution in [0.25, 0.3) is 5.76 Å². The minimum Gasteiger partial charge on any atom is -0.507 e. The first kappa shape index (κ1) is 24.3. The summed E-state index contributed by atoms with van der Waals surface area (Å²) in [6.45, 7) is 2.72. The van der Waals surface area contributed by atoms with Gasteiger partial charge in [0.2, 0.25) is 28.7 Å². The lowest BCUT2D eigenvalue weighted by Gasteiger charge is -2.35. The van der Waals surface area contributed by atoms with Crippen molar-refractivity contribution < 1.29 is 59.3 Å². The van der Waals surface area contributed by atoms with E-state index in [1.54, 1.807) is 0 Å². The van der Waals surface area contributed by atoms with Crippen molar-refractivity contribution in [2.75, 3.05) is 0 Å². The van der Waals surface area contributed by atoms with Crippen LogP contribution in [0.4, 0.5) is 0 Å². The molecule has 0 bridgehead atoms. The number of phenolic OH excluding ortho intramolecular Hbond substituents is 5. The van der Waals surface area contributed by atoms with E-state index in [4.69, 9.17) is 4.74 Å². The number of hydrogen-bond donors (Lipinski definition) is 6. The first-order valence-electron chi connectivity index (χ1n) is 10.5. The molecule has 4 rings (SSSR count). The monoisotopic (exact) mass is 498 g/mol. The molecule has 2 aromatic carbocycles. The number of ether oxygens (including phenoxy) is 1. The molecule has 12 heteroatoms. The Kier molecular flexibility index (Phi) is 5.28. The van der Waals surface area contributed by atoms with Crippen molar-refractivity contribution >= 4 is 34.7 Å². The Balaban J connectivity index is 2.02. The van der Waals surface area contributed by atoms with Gasteiger partial charge in [0.15, 0.2) is 23.0 Å². The molecule has 0 unspecified atom stereocenters. The molecular formula is C24H18O12. The van der Waals surface area contributed by atoms with Gasteiger partial charge in [-0.3, -0.25) is 24.0 Å². The highest BCUT2D eigenvalue weighted by Gasteiger charge is 2.57. The highest BCUT2D eigenvalue weighted by atomic mass is 16.5. The number of carbonyl (C=O) groups is 5. The van der Waals surface area contributed by atoms with E-state index in [1.165, 1.54) is 13.8 Å². The summed E-state index contributed by atoms with van der Waals surface area (Å²) in [6, 6.07) is 0.578. The maximum absolute atomic E-state index is 13.5. The van der Waals surface area contributed by atoms with Crippen molar-refractivity contribution in [3.63, 3.8) is 0 Å². The summed E-state index contributed by atoms with van der Waals surface area (Å²) in [7, 11) is 0. The molecule has 0 saturated carbocycles. The molecule has 0 saturated heterocycles. The summed E-state index contributed by atoms with van der Waals surface area (Å²) in [5, 5.41) is 61.9. The number of rotatable bonds is 4. The number of aromatic hydroxyl groups is 5. The topological polar surface area (TPSA) is 216 Å². The number of aliphatic hydroxyl groups excluding tert-OH is 1. The second kappa shape index (κ2) is 7.83. The highest BCUT2D eigenvalue weighted by Crippen LogP contribution is 2.50. The van der Waals surface area contributed by atoms with Gasteiger partial charge < -0.3 is 35.4 Å². The highest BCUT2D eigenvalue weighted by molar-refractivity contribution is 6.56. The Morgan fingerprint density at radius 1 is 0.722 bits per heavy atom. The van der Waals surface area contributed by atoms with Crippen molar-refractivity contribution in [1.82, 2.24) is 0 Å². The third-order valence-electron chi connectivity index (χ3n) is 6.25. The fraction of sp³-hybridized carbons (Fsp3) is 0.208. The van der Waals surface area contributed by atoms with E-state index in [2.05, 4.69) is 0 Å². The van der Waals surface area contributed by atoms with Gasteiger partial charge in [0.25, 0.3) is 5.78 Å². The van der Waals surface area contributed by atoms with Crippen LogP contribution < -0.4 is 4.74 Å². The van der Waals surface area contributed by atoms with Gasteiger partial charge in [-0.1, -0.05) is 13.8 Å². The number of aliphatic hydroxyl groups is 1. The number of ketones is 5. The van der Waals surface area contributed by atoms with Crippen LogP contribution in [0.5, 0.6) is 34.5 Å². The fourth-order valence-corrected chi connectivity index (χ4v) is 4.40. The SMILES string of the molecule is CCc1c(O)c2c(c(O)c1O[C@]1(CC)C(=O)C(=O)c3c(O)c(O)cc(O)c3C1=O)C(=O)C(=O)C=C2O. The van der Waals surface area contributed by atoms with Crippen LogP contribution in [-0.2, 0) is 16.0 Å². The molecule has 0 aliphatic heterocycles. The van der Waals surface area contributed by atoms with Crippen molar-refractivity contribution in [1.29, 1.82) is 0 Å². The zero-order valence-corrected chi connectivity index (χ0v) is 18.7. The van der Waals surface area contributed by atoms with Crippen molar-refractivity contribution in [3.8, 4) is 34.5 Å². The van der Waals surface area contributed by atoms with E-state index in [-0.39, 0.29) is 12.0 Å². The lowest BCUT2D eigenvalue weighted by molar-refractivity contribution is -0.127. The smallest absolute Gasteiger partial charge is 0.255 e. The predicted octanol–water partition coefficient (Wildman–Crippen LogP) is 1.62. The molecule has 12 nitrogen and oxygen atoms in total. The van der Waals surface area contributed by atoms with Crippen molar-refractivity contribution in [2.24, 2.45) is 0 Å². The number of carbonyl (C=O) groups excluding carboxylic acids is 5. The maximum atomic E-state index is 13.5. The molecule has 0 aromatic heterocycles. The Labute approximate surface area is 201 Å². The van der Waals surface area contributed by atoms with Gasteiger partial charge in [-0.15, -0.1) is 0 Å². The molecule has 6 N–H and O–H groups in total. The third kappa shape index (κ3) is 2.90. The summed E-state index contributed by atoms with van der Waals surface area (Å²) < 4.78 is 5.64. The second-order valence-electron chi connectivity index (χ2n) is 8.11. The Morgan fingerprint density at radius 2 is 1.33 bits per heavy atom. The van der Waals surface area contributed by atoms with Crippen LogP contribution in [-0.4, -0.2) is 65.2 Å². The molecule has 1 atom stereocenters. The number of allylic oxidation sites excluding steroid dienone is 1. The van der Waals surface area contributed by atoms with Gasteiger partial charge in [-0.05, 0) is 12.8 Å². The molecule has 0 spiro atoms. The maximum Gasteiger partial charge on any atom is 0.255 e. The third-order valence-corrected chi connectivity index (χ3v) is 6.25. The molecule has 0 heterocycles. The van der Waals surface area contributed by atoms with E-state index < -0.39 is 103 Å². The average Bonchev–Trinajstić information content (AvgIpc) is 2.82. The largest absolute Gasteiger partial charge is 0.507 e. The number of benzene rings is 2. The first-order valence-corrected chi connectivity index (χ1v) is 10.5. The predicted molar refractivity (Wildman–Crippen MR) is 118 cm³/mol. The molecule has 2 aromatic rings. The van der Waals surface area contributed by atoms with Crippen LogP contribution in [0.15, 0.2) is 12.1 Å². The zero-order chi connectivity index (χ0) is 26.9. The number of Topliss-reactive ketones (excluding diaryl/α,β-unsaturated/α-hetero) is 4. The van der Waals surface area contributed by atoms with Crippen LogP contribution >= 0.6 is 0 Å². The van der Waals surface area contributed by atoms with Crippen LogP contribution in [0, 0.1) is 0 Å². The number of hydrogen-bond acceptors (Lipinski definition) is 12. The Hall–Kier alpha value is -4.87. The van der Waals surface area contributed by atoms with E-state index in [1.807, 2.05) is 0 Å². The lowest BCUT2D eigenvalue weighted by Crippen LogP contribution is -2.57. The summed E-state index contributed by atoms with van der Waals surface area (Å²) in [5.41, 5.74) is -6.20. The minimum atomic E-state index is -2.74. The van der Waals surface area contributed by atoms with E-state index >= 15 is 0 Å².